The highest BCUT2D eigenvalue weighted by molar-refractivity contribution is 5.31. The minimum Gasteiger partial charge on any atom is -0.389 e. The van der Waals surface area contributed by atoms with E-state index in [0.29, 0.717) is 0 Å². The van der Waals surface area contributed by atoms with Crippen molar-refractivity contribution in [1.82, 2.24) is 4.98 Å². The predicted octanol–water partition coefficient (Wildman–Crippen LogP) is 2.91. The molecule has 2 rings (SSSR count). The van der Waals surface area contributed by atoms with Gasteiger partial charge in [0, 0.05) is 17.8 Å². The largest absolute Gasteiger partial charge is 0.389 e. The molecule has 2 atom stereocenters. The summed E-state index contributed by atoms with van der Waals surface area (Å²) < 4.78 is 0. The summed E-state index contributed by atoms with van der Waals surface area (Å²) in [7, 11) is 0. The van der Waals surface area contributed by atoms with E-state index in [1.165, 1.54) is 5.56 Å². The van der Waals surface area contributed by atoms with Gasteiger partial charge in [-0.05, 0) is 36.8 Å². The average molecular weight is 219 g/mol. The van der Waals surface area contributed by atoms with E-state index < -0.39 is 5.60 Å². The van der Waals surface area contributed by atoms with E-state index in [0.717, 1.165) is 18.5 Å². The van der Waals surface area contributed by atoms with Crippen LogP contribution in [0, 0.1) is 5.41 Å². The molecule has 2 heteroatoms. The maximum Gasteiger partial charge on any atom is 0.0751 e. The van der Waals surface area contributed by atoms with E-state index in [2.05, 4.69) is 31.8 Å². The SMILES string of the molecule is CC(C)(C)C(C)(O)C1CCc2cccnc21. The van der Waals surface area contributed by atoms with Crippen molar-refractivity contribution in [3.05, 3.63) is 29.6 Å². The van der Waals surface area contributed by atoms with Gasteiger partial charge in [-0.1, -0.05) is 26.8 Å². The van der Waals surface area contributed by atoms with Crippen molar-refractivity contribution in [3.8, 4) is 0 Å². The van der Waals surface area contributed by atoms with Crippen LogP contribution in [-0.4, -0.2) is 15.7 Å². The van der Waals surface area contributed by atoms with Gasteiger partial charge in [-0.25, -0.2) is 0 Å². The number of hydrogen-bond donors (Lipinski definition) is 1. The van der Waals surface area contributed by atoms with Crippen LogP contribution in [0.25, 0.3) is 0 Å². The molecule has 88 valence electrons. The van der Waals surface area contributed by atoms with Crippen LogP contribution < -0.4 is 0 Å². The summed E-state index contributed by atoms with van der Waals surface area (Å²) >= 11 is 0. The highest BCUT2D eigenvalue weighted by Crippen LogP contribution is 2.46. The van der Waals surface area contributed by atoms with Crippen LogP contribution in [0.4, 0.5) is 0 Å². The fraction of sp³-hybridized carbons (Fsp3) is 0.643. The van der Waals surface area contributed by atoms with Crippen LogP contribution in [0.5, 0.6) is 0 Å². The lowest BCUT2D eigenvalue weighted by atomic mass is 9.69. The quantitative estimate of drug-likeness (QED) is 0.787. The molecule has 0 fully saturated rings. The molecule has 2 nitrogen and oxygen atoms in total. The fourth-order valence-corrected chi connectivity index (χ4v) is 2.48. The molecular formula is C14H21NO. The summed E-state index contributed by atoms with van der Waals surface area (Å²) in [5.74, 6) is 0.170. The molecule has 1 aromatic heterocycles. The Kier molecular flexibility index (Phi) is 2.58. The Labute approximate surface area is 97.7 Å². The minimum atomic E-state index is -0.702. The zero-order valence-electron chi connectivity index (χ0n) is 10.6. The summed E-state index contributed by atoms with van der Waals surface area (Å²) in [6, 6.07) is 4.11. The molecule has 1 heterocycles. The molecule has 0 aliphatic heterocycles. The molecule has 0 aromatic carbocycles. The van der Waals surface area contributed by atoms with Crippen molar-refractivity contribution < 1.29 is 5.11 Å². The lowest BCUT2D eigenvalue weighted by molar-refractivity contribution is -0.0647. The van der Waals surface area contributed by atoms with Crippen LogP contribution in [0.2, 0.25) is 0 Å². The van der Waals surface area contributed by atoms with Gasteiger partial charge in [0.2, 0.25) is 0 Å². The Morgan fingerprint density at radius 2 is 2.00 bits per heavy atom. The van der Waals surface area contributed by atoms with Crippen molar-refractivity contribution in [3.63, 3.8) is 0 Å². The molecule has 0 radical (unpaired) electrons. The molecule has 1 aliphatic carbocycles. The summed E-state index contributed by atoms with van der Waals surface area (Å²) in [5, 5.41) is 10.8. The topological polar surface area (TPSA) is 33.1 Å². The molecule has 1 aromatic rings. The average Bonchev–Trinajstić information content (AvgIpc) is 2.59. The monoisotopic (exact) mass is 219 g/mol. The maximum absolute atomic E-state index is 10.8. The third kappa shape index (κ3) is 1.65. The molecule has 0 spiro atoms. The molecule has 1 aliphatic rings. The van der Waals surface area contributed by atoms with Crippen molar-refractivity contribution in [2.45, 2.75) is 52.1 Å². The number of nitrogens with zero attached hydrogens (tertiary/aromatic N) is 1. The first-order valence-corrected chi connectivity index (χ1v) is 6.00. The molecule has 0 amide bonds. The second-order valence-corrected chi connectivity index (χ2v) is 6.04. The van der Waals surface area contributed by atoms with Gasteiger partial charge in [0.05, 0.1) is 5.60 Å². The van der Waals surface area contributed by atoms with Crippen LogP contribution in [0.15, 0.2) is 18.3 Å². The Balaban J connectivity index is 2.39. The van der Waals surface area contributed by atoms with E-state index in [4.69, 9.17) is 0 Å². The van der Waals surface area contributed by atoms with Crippen LogP contribution in [0.1, 0.15) is 51.3 Å². The number of hydrogen-bond acceptors (Lipinski definition) is 2. The standard InChI is InChI=1S/C14H21NO/c1-13(2,3)14(4,16)11-8-7-10-6-5-9-15-12(10)11/h5-6,9,11,16H,7-8H2,1-4H3. The fourth-order valence-electron chi connectivity index (χ4n) is 2.48. The third-order valence-electron chi connectivity index (χ3n) is 4.16. The van der Waals surface area contributed by atoms with Crippen molar-refractivity contribution in [2.24, 2.45) is 5.41 Å². The molecule has 2 unspecified atom stereocenters. The first-order valence-electron chi connectivity index (χ1n) is 6.00. The molecule has 1 N–H and O–H groups in total. The van der Waals surface area contributed by atoms with Crippen LogP contribution in [0.3, 0.4) is 0 Å². The molecule has 16 heavy (non-hydrogen) atoms. The Bertz CT molecular complexity index is 390. The minimum absolute atomic E-state index is 0.128. The normalized spacial score (nSPS) is 23.9. The second kappa shape index (κ2) is 3.56. The van der Waals surface area contributed by atoms with Crippen molar-refractivity contribution in [1.29, 1.82) is 0 Å². The summed E-state index contributed by atoms with van der Waals surface area (Å²) in [6.45, 7) is 8.22. The van der Waals surface area contributed by atoms with E-state index in [-0.39, 0.29) is 11.3 Å². The predicted molar refractivity (Wildman–Crippen MR) is 65.4 cm³/mol. The number of pyridine rings is 1. The van der Waals surface area contributed by atoms with Gasteiger partial charge >= 0.3 is 0 Å². The van der Waals surface area contributed by atoms with E-state index in [9.17, 15) is 5.11 Å². The highest BCUT2D eigenvalue weighted by atomic mass is 16.3. The van der Waals surface area contributed by atoms with Gasteiger partial charge < -0.3 is 5.11 Å². The second-order valence-electron chi connectivity index (χ2n) is 6.04. The molecule has 0 saturated heterocycles. The smallest absolute Gasteiger partial charge is 0.0751 e. The number of aromatic nitrogens is 1. The van der Waals surface area contributed by atoms with Gasteiger partial charge in [-0.2, -0.15) is 0 Å². The third-order valence-corrected chi connectivity index (χ3v) is 4.16. The maximum atomic E-state index is 10.8. The number of aliphatic hydroxyl groups is 1. The lowest BCUT2D eigenvalue weighted by Crippen LogP contribution is -2.44. The first-order chi connectivity index (χ1) is 7.34. The van der Waals surface area contributed by atoms with Gasteiger partial charge in [0.1, 0.15) is 0 Å². The van der Waals surface area contributed by atoms with E-state index >= 15 is 0 Å². The molecule has 0 bridgehead atoms. The van der Waals surface area contributed by atoms with Crippen LogP contribution in [-0.2, 0) is 6.42 Å². The van der Waals surface area contributed by atoms with E-state index in [1.54, 1.807) is 0 Å². The Hall–Kier alpha value is -0.890. The Morgan fingerprint density at radius 1 is 1.31 bits per heavy atom. The van der Waals surface area contributed by atoms with Gasteiger partial charge in [0.15, 0.2) is 0 Å². The highest BCUT2D eigenvalue weighted by Gasteiger charge is 2.46. The first kappa shape index (κ1) is 11.6. The Morgan fingerprint density at radius 3 is 2.62 bits per heavy atom. The molecular weight excluding hydrogens is 198 g/mol. The summed E-state index contributed by atoms with van der Waals surface area (Å²) in [5.41, 5.74) is 1.57. The molecule has 0 saturated carbocycles. The lowest BCUT2D eigenvalue weighted by Gasteiger charge is -2.41. The van der Waals surface area contributed by atoms with E-state index in [1.807, 2.05) is 19.2 Å². The number of rotatable bonds is 1. The van der Waals surface area contributed by atoms with Gasteiger partial charge in [-0.15, -0.1) is 0 Å². The zero-order valence-corrected chi connectivity index (χ0v) is 10.6. The zero-order chi connectivity index (χ0) is 12.0. The van der Waals surface area contributed by atoms with Crippen molar-refractivity contribution >= 4 is 0 Å². The summed E-state index contributed by atoms with van der Waals surface area (Å²) in [6.07, 6.45) is 3.88. The van der Waals surface area contributed by atoms with Gasteiger partial charge in [0.25, 0.3) is 0 Å². The van der Waals surface area contributed by atoms with Crippen molar-refractivity contribution in [2.75, 3.05) is 0 Å². The van der Waals surface area contributed by atoms with Gasteiger partial charge in [-0.3, -0.25) is 4.98 Å². The number of aryl methyl sites for hydroxylation is 1. The van der Waals surface area contributed by atoms with Crippen LogP contribution >= 0.6 is 0 Å². The summed E-state index contributed by atoms with van der Waals surface area (Å²) in [4.78, 5) is 4.46. The number of fused-ring (bicyclic) bond motifs is 1.